The van der Waals surface area contributed by atoms with Gasteiger partial charge in [0.05, 0.1) is 8.07 Å². The fraction of sp³-hybridized carbons (Fsp3) is 0.333. The van der Waals surface area contributed by atoms with Gasteiger partial charge in [0.1, 0.15) is 0 Å². The summed E-state index contributed by atoms with van der Waals surface area (Å²) in [6, 6.07) is 10.9. The van der Waals surface area contributed by atoms with Crippen molar-refractivity contribution in [2.24, 2.45) is 0 Å². The molecule has 1 aromatic carbocycles. The van der Waals surface area contributed by atoms with Crippen molar-refractivity contribution in [3.05, 3.63) is 43.0 Å². The van der Waals surface area contributed by atoms with Crippen LogP contribution in [0, 0.1) is 0 Å². The molecular formula is C12H19PSi. The quantitative estimate of drug-likeness (QED) is 0.417. The highest BCUT2D eigenvalue weighted by molar-refractivity contribution is 7.26. The zero-order valence-corrected chi connectivity index (χ0v) is 11.2. The van der Waals surface area contributed by atoms with Gasteiger partial charge in [-0.3, -0.25) is 0 Å². The maximum atomic E-state index is 3.82. The summed E-state index contributed by atoms with van der Waals surface area (Å²) in [6.45, 7) is 8.66. The SMILES string of the molecule is C=CC[C@@H](P)[Si](C)(C)c1ccccc1. The summed E-state index contributed by atoms with van der Waals surface area (Å²) in [6.07, 6.45) is 3.12. The fourth-order valence-corrected chi connectivity index (χ4v) is 4.56. The van der Waals surface area contributed by atoms with E-state index in [-0.39, 0.29) is 0 Å². The molecule has 14 heavy (non-hydrogen) atoms. The second kappa shape index (κ2) is 4.91. The van der Waals surface area contributed by atoms with Crippen LogP contribution in [0.1, 0.15) is 6.42 Å². The van der Waals surface area contributed by atoms with Gasteiger partial charge in [0.2, 0.25) is 0 Å². The molecule has 0 saturated heterocycles. The van der Waals surface area contributed by atoms with Crippen molar-refractivity contribution >= 4 is 22.5 Å². The minimum absolute atomic E-state index is 0.683. The van der Waals surface area contributed by atoms with Crippen LogP contribution in [0.25, 0.3) is 0 Å². The first-order valence-corrected chi connectivity index (χ1v) is 8.75. The third-order valence-corrected chi connectivity index (χ3v) is 9.55. The molecule has 2 atom stereocenters. The van der Waals surface area contributed by atoms with Gasteiger partial charge >= 0.3 is 0 Å². The monoisotopic (exact) mass is 222 g/mol. The van der Waals surface area contributed by atoms with E-state index in [2.05, 4.69) is 59.2 Å². The lowest BCUT2D eigenvalue weighted by molar-refractivity contribution is 1.13. The molecule has 2 heteroatoms. The van der Waals surface area contributed by atoms with Gasteiger partial charge in [0.15, 0.2) is 0 Å². The van der Waals surface area contributed by atoms with Crippen molar-refractivity contribution in [2.75, 3.05) is 0 Å². The van der Waals surface area contributed by atoms with Crippen molar-refractivity contribution in [3.8, 4) is 0 Å². The van der Waals surface area contributed by atoms with Crippen LogP contribution in [0.5, 0.6) is 0 Å². The zero-order valence-electron chi connectivity index (χ0n) is 9.03. The van der Waals surface area contributed by atoms with Crippen molar-refractivity contribution < 1.29 is 0 Å². The molecule has 1 rings (SSSR count). The average molecular weight is 222 g/mol. The molecule has 76 valence electrons. The van der Waals surface area contributed by atoms with E-state index in [0.717, 1.165) is 6.42 Å². The van der Waals surface area contributed by atoms with Crippen LogP contribution in [0.2, 0.25) is 13.1 Å². The molecule has 0 fully saturated rings. The zero-order chi connectivity index (χ0) is 10.6. The van der Waals surface area contributed by atoms with E-state index in [1.807, 2.05) is 6.08 Å². The Morgan fingerprint density at radius 1 is 1.36 bits per heavy atom. The molecule has 0 nitrogen and oxygen atoms in total. The Balaban J connectivity index is 2.89. The number of allylic oxidation sites excluding steroid dienone is 1. The van der Waals surface area contributed by atoms with E-state index in [1.54, 1.807) is 0 Å². The first kappa shape index (κ1) is 11.7. The van der Waals surface area contributed by atoms with Crippen LogP contribution < -0.4 is 5.19 Å². The number of rotatable bonds is 4. The predicted molar refractivity (Wildman–Crippen MR) is 71.9 cm³/mol. The summed E-state index contributed by atoms with van der Waals surface area (Å²) in [5, 5.41) is 2.21. The smallest absolute Gasteiger partial charge is 0.0877 e. The van der Waals surface area contributed by atoms with Crippen LogP contribution >= 0.6 is 9.24 Å². The molecule has 0 saturated carbocycles. The lowest BCUT2D eigenvalue weighted by atomic mass is 10.4. The topological polar surface area (TPSA) is 0 Å². The standard InChI is InChI=1S/C12H19PSi/c1-4-8-12(13)14(2,3)11-9-6-5-7-10-11/h4-7,9-10,12H,1,8,13H2,2-3H3/t12-/m0/s1. The third kappa shape index (κ3) is 2.56. The largest absolute Gasteiger partial charge is 0.137 e. The molecule has 0 aromatic heterocycles. The second-order valence-electron chi connectivity index (χ2n) is 4.22. The molecule has 0 aliphatic carbocycles. The lowest BCUT2D eigenvalue weighted by Crippen LogP contribution is -2.49. The normalized spacial score (nSPS) is 13.6. The van der Waals surface area contributed by atoms with Crippen LogP contribution in [0.3, 0.4) is 0 Å². The van der Waals surface area contributed by atoms with Crippen molar-refractivity contribution in [3.63, 3.8) is 0 Å². The Morgan fingerprint density at radius 3 is 2.43 bits per heavy atom. The molecular weight excluding hydrogens is 203 g/mol. The minimum Gasteiger partial charge on any atom is -0.137 e. The van der Waals surface area contributed by atoms with Gasteiger partial charge in [-0.15, -0.1) is 15.8 Å². The van der Waals surface area contributed by atoms with Crippen LogP contribution in [-0.2, 0) is 0 Å². The number of benzene rings is 1. The van der Waals surface area contributed by atoms with Crippen molar-refractivity contribution in [2.45, 2.75) is 24.8 Å². The molecule has 0 radical (unpaired) electrons. The van der Waals surface area contributed by atoms with E-state index in [1.165, 1.54) is 5.19 Å². The molecule has 0 amide bonds. The summed E-state index contributed by atoms with van der Waals surface area (Å²) in [4.78, 5) is 0. The molecule has 1 unspecified atom stereocenters. The Hall–Kier alpha value is -0.393. The summed E-state index contributed by atoms with van der Waals surface area (Å²) in [5.74, 6) is 0. The minimum atomic E-state index is -1.31. The van der Waals surface area contributed by atoms with Gasteiger partial charge in [0, 0.05) is 0 Å². The third-order valence-electron chi connectivity index (χ3n) is 2.87. The first-order chi connectivity index (χ1) is 6.59. The Labute approximate surface area is 90.6 Å². The highest BCUT2D eigenvalue weighted by Crippen LogP contribution is 2.20. The lowest BCUT2D eigenvalue weighted by Gasteiger charge is -2.29. The maximum Gasteiger partial charge on any atom is 0.0877 e. The van der Waals surface area contributed by atoms with E-state index >= 15 is 0 Å². The summed E-state index contributed by atoms with van der Waals surface area (Å²) >= 11 is 0. The van der Waals surface area contributed by atoms with Crippen molar-refractivity contribution in [1.82, 2.24) is 0 Å². The van der Waals surface area contributed by atoms with Gasteiger partial charge in [-0.2, -0.15) is 0 Å². The van der Waals surface area contributed by atoms with Gasteiger partial charge in [-0.05, 0) is 11.7 Å². The van der Waals surface area contributed by atoms with Gasteiger partial charge in [-0.1, -0.05) is 54.7 Å². The first-order valence-electron chi connectivity index (χ1n) is 5.01. The predicted octanol–water partition coefficient (Wildman–Crippen LogP) is 2.96. The molecule has 0 aliphatic heterocycles. The highest BCUT2D eigenvalue weighted by Gasteiger charge is 2.29. The molecule has 0 bridgehead atoms. The van der Waals surface area contributed by atoms with Gasteiger partial charge in [0.25, 0.3) is 0 Å². The highest BCUT2D eigenvalue weighted by atomic mass is 31.0. The van der Waals surface area contributed by atoms with E-state index in [0.29, 0.717) is 5.28 Å². The molecule has 0 heterocycles. The van der Waals surface area contributed by atoms with Crippen LogP contribution in [0.15, 0.2) is 43.0 Å². The Kier molecular flexibility index (Phi) is 4.09. The van der Waals surface area contributed by atoms with Crippen molar-refractivity contribution in [1.29, 1.82) is 0 Å². The fourth-order valence-electron chi connectivity index (χ4n) is 1.56. The Morgan fingerprint density at radius 2 is 1.93 bits per heavy atom. The molecule has 0 N–H and O–H groups in total. The molecule has 1 aromatic rings. The van der Waals surface area contributed by atoms with Crippen LogP contribution in [-0.4, -0.2) is 13.4 Å². The average Bonchev–Trinajstić information content (AvgIpc) is 2.19. The molecule has 0 aliphatic rings. The maximum absolute atomic E-state index is 3.82. The number of hydrogen-bond donors (Lipinski definition) is 0. The molecule has 0 spiro atoms. The van der Waals surface area contributed by atoms with Gasteiger partial charge < -0.3 is 0 Å². The van der Waals surface area contributed by atoms with E-state index < -0.39 is 8.07 Å². The van der Waals surface area contributed by atoms with Gasteiger partial charge in [-0.25, -0.2) is 0 Å². The Bertz CT molecular complexity index is 292. The second-order valence-corrected chi connectivity index (χ2v) is 10.5. The summed E-state index contributed by atoms with van der Waals surface area (Å²) in [5.41, 5.74) is 0. The number of hydrogen-bond acceptors (Lipinski definition) is 0. The van der Waals surface area contributed by atoms with E-state index in [9.17, 15) is 0 Å². The van der Waals surface area contributed by atoms with Crippen LogP contribution in [0.4, 0.5) is 0 Å². The summed E-state index contributed by atoms with van der Waals surface area (Å²) < 4.78 is 0. The van der Waals surface area contributed by atoms with E-state index in [4.69, 9.17) is 0 Å². The summed E-state index contributed by atoms with van der Waals surface area (Å²) in [7, 11) is 1.68.